The quantitative estimate of drug-likeness (QED) is 0.410. The Kier molecular flexibility index (Phi) is 1.79. The Bertz CT molecular complexity index is 128. The van der Waals surface area contributed by atoms with Gasteiger partial charge in [0.15, 0.2) is 0 Å². The van der Waals surface area contributed by atoms with Gasteiger partial charge in [-0.05, 0) is 6.42 Å². The number of hydrogen-bond acceptors (Lipinski definition) is 3. The Labute approximate surface area is 52.6 Å². The van der Waals surface area contributed by atoms with Crippen molar-refractivity contribution in [1.82, 2.24) is 10.9 Å². The number of Topliss-reactive ketones (excluding diaryl/α,β-unsaturated/α-hetero) is 1. The van der Waals surface area contributed by atoms with Crippen molar-refractivity contribution in [3.8, 4) is 0 Å². The number of amides is 1. The molecule has 9 heavy (non-hydrogen) atoms. The van der Waals surface area contributed by atoms with E-state index in [9.17, 15) is 9.59 Å². The van der Waals surface area contributed by atoms with Gasteiger partial charge in [-0.25, -0.2) is 5.43 Å². The molecule has 0 bridgehead atoms. The standard InChI is InChI=1S/C5H8N2O2/c8-4-2-1-3-6-7-5(4)9/h6H,1-3H2,(H,7,9). The first-order valence-electron chi connectivity index (χ1n) is 2.87. The summed E-state index contributed by atoms with van der Waals surface area (Å²) in [7, 11) is 0. The zero-order valence-electron chi connectivity index (χ0n) is 4.94. The second-order valence-corrected chi connectivity index (χ2v) is 1.91. The van der Waals surface area contributed by atoms with Crippen molar-refractivity contribution >= 4 is 11.7 Å². The first kappa shape index (κ1) is 6.22. The first-order valence-corrected chi connectivity index (χ1v) is 2.87. The average Bonchev–Trinajstić information content (AvgIpc) is 1.99. The molecule has 50 valence electrons. The van der Waals surface area contributed by atoms with E-state index in [1.165, 1.54) is 0 Å². The third kappa shape index (κ3) is 1.50. The van der Waals surface area contributed by atoms with E-state index in [1.807, 2.05) is 0 Å². The van der Waals surface area contributed by atoms with Gasteiger partial charge in [0.2, 0.25) is 5.78 Å². The van der Waals surface area contributed by atoms with Crippen LogP contribution in [0.25, 0.3) is 0 Å². The van der Waals surface area contributed by atoms with Crippen LogP contribution in [0.5, 0.6) is 0 Å². The summed E-state index contributed by atoms with van der Waals surface area (Å²) in [5.41, 5.74) is 4.86. The molecule has 0 saturated carbocycles. The molecule has 1 aliphatic heterocycles. The van der Waals surface area contributed by atoms with Gasteiger partial charge >= 0.3 is 5.91 Å². The lowest BCUT2D eigenvalue weighted by molar-refractivity contribution is -0.137. The summed E-state index contributed by atoms with van der Waals surface area (Å²) in [6.07, 6.45) is 1.09. The van der Waals surface area contributed by atoms with Crippen molar-refractivity contribution in [3.63, 3.8) is 0 Å². The maximum atomic E-state index is 10.6. The van der Waals surface area contributed by atoms with E-state index < -0.39 is 5.91 Å². The Balaban J connectivity index is 2.51. The molecule has 1 rings (SSSR count). The van der Waals surface area contributed by atoms with E-state index in [2.05, 4.69) is 10.9 Å². The van der Waals surface area contributed by atoms with E-state index in [0.717, 1.165) is 6.42 Å². The summed E-state index contributed by atoms with van der Waals surface area (Å²) >= 11 is 0. The summed E-state index contributed by atoms with van der Waals surface area (Å²) in [5, 5.41) is 0. The Morgan fingerprint density at radius 2 is 2.11 bits per heavy atom. The van der Waals surface area contributed by atoms with Gasteiger partial charge in [-0.1, -0.05) is 0 Å². The highest BCUT2D eigenvalue weighted by Crippen LogP contribution is 1.91. The molecule has 0 aromatic heterocycles. The summed E-state index contributed by atoms with van der Waals surface area (Å²) in [6, 6.07) is 0. The number of rotatable bonds is 0. The van der Waals surface area contributed by atoms with Crippen LogP contribution in [0.15, 0.2) is 0 Å². The third-order valence-electron chi connectivity index (χ3n) is 1.16. The molecule has 1 amide bonds. The van der Waals surface area contributed by atoms with E-state index in [1.54, 1.807) is 0 Å². The minimum atomic E-state index is -0.521. The van der Waals surface area contributed by atoms with Gasteiger partial charge < -0.3 is 0 Å². The van der Waals surface area contributed by atoms with Crippen molar-refractivity contribution in [2.75, 3.05) is 6.54 Å². The number of ketones is 1. The molecule has 0 unspecified atom stereocenters. The second kappa shape index (κ2) is 2.59. The lowest BCUT2D eigenvalue weighted by atomic mass is 10.2. The molecule has 2 N–H and O–H groups in total. The molecule has 0 radical (unpaired) electrons. The lowest BCUT2D eigenvalue weighted by Gasteiger charge is -1.95. The summed E-state index contributed by atoms with van der Waals surface area (Å²) in [4.78, 5) is 21.1. The van der Waals surface area contributed by atoms with Crippen LogP contribution in [-0.2, 0) is 9.59 Å². The molecule has 0 aliphatic carbocycles. The molecule has 1 heterocycles. The number of hydrogen-bond donors (Lipinski definition) is 2. The van der Waals surface area contributed by atoms with Crippen LogP contribution in [-0.4, -0.2) is 18.2 Å². The molecule has 0 aromatic rings. The SMILES string of the molecule is O=C1CCCNNC1=O. The van der Waals surface area contributed by atoms with Gasteiger partial charge in [0.1, 0.15) is 0 Å². The van der Waals surface area contributed by atoms with Gasteiger partial charge in [0, 0.05) is 13.0 Å². The fraction of sp³-hybridized carbons (Fsp3) is 0.600. The van der Waals surface area contributed by atoms with Crippen LogP contribution in [0.3, 0.4) is 0 Å². The van der Waals surface area contributed by atoms with Gasteiger partial charge in [-0.3, -0.25) is 15.0 Å². The van der Waals surface area contributed by atoms with E-state index >= 15 is 0 Å². The molecular formula is C5H8N2O2. The molecular weight excluding hydrogens is 120 g/mol. The van der Waals surface area contributed by atoms with Crippen molar-refractivity contribution in [2.24, 2.45) is 0 Å². The highest BCUT2D eigenvalue weighted by atomic mass is 16.2. The minimum absolute atomic E-state index is 0.333. The zero-order valence-corrected chi connectivity index (χ0v) is 4.94. The van der Waals surface area contributed by atoms with Gasteiger partial charge in [-0.2, -0.15) is 0 Å². The maximum Gasteiger partial charge on any atom is 0.301 e. The summed E-state index contributed by atoms with van der Waals surface area (Å²) < 4.78 is 0. The fourth-order valence-electron chi connectivity index (χ4n) is 0.663. The van der Waals surface area contributed by atoms with E-state index in [0.29, 0.717) is 13.0 Å². The molecule has 1 fully saturated rings. The summed E-state index contributed by atoms with van der Waals surface area (Å²) in [6.45, 7) is 0.678. The topological polar surface area (TPSA) is 58.2 Å². The van der Waals surface area contributed by atoms with Crippen LogP contribution < -0.4 is 10.9 Å². The van der Waals surface area contributed by atoms with Crippen LogP contribution in [0.1, 0.15) is 12.8 Å². The fourth-order valence-corrected chi connectivity index (χ4v) is 0.663. The Hall–Kier alpha value is -0.900. The number of carbonyl (C=O) groups is 2. The van der Waals surface area contributed by atoms with Gasteiger partial charge in [0.05, 0.1) is 0 Å². The Morgan fingerprint density at radius 1 is 1.33 bits per heavy atom. The highest BCUT2D eigenvalue weighted by Gasteiger charge is 2.14. The van der Waals surface area contributed by atoms with Crippen molar-refractivity contribution in [1.29, 1.82) is 0 Å². The molecule has 0 aromatic carbocycles. The van der Waals surface area contributed by atoms with Crippen molar-refractivity contribution < 1.29 is 9.59 Å². The van der Waals surface area contributed by atoms with Gasteiger partial charge in [0.25, 0.3) is 0 Å². The number of nitrogens with one attached hydrogen (secondary N) is 2. The van der Waals surface area contributed by atoms with Crippen molar-refractivity contribution in [3.05, 3.63) is 0 Å². The normalized spacial score (nSPS) is 20.9. The molecule has 4 heteroatoms. The molecule has 0 atom stereocenters. The summed E-state index contributed by atoms with van der Waals surface area (Å²) in [5.74, 6) is -0.854. The molecule has 4 nitrogen and oxygen atoms in total. The van der Waals surface area contributed by atoms with Gasteiger partial charge in [-0.15, -0.1) is 0 Å². The monoisotopic (exact) mass is 128 g/mol. The second-order valence-electron chi connectivity index (χ2n) is 1.91. The first-order chi connectivity index (χ1) is 4.30. The number of carbonyl (C=O) groups excluding carboxylic acids is 2. The highest BCUT2D eigenvalue weighted by molar-refractivity contribution is 6.36. The van der Waals surface area contributed by atoms with Crippen LogP contribution >= 0.6 is 0 Å². The van der Waals surface area contributed by atoms with Crippen molar-refractivity contribution in [2.45, 2.75) is 12.8 Å². The predicted octanol–water partition coefficient (Wildman–Crippen LogP) is -1.03. The number of hydrazine groups is 1. The average molecular weight is 128 g/mol. The van der Waals surface area contributed by atoms with E-state index in [4.69, 9.17) is 0 Å². The minimum Gasteiger partial charge on any atom is -0.289 e. The van der Waals surface area contributed by atoms with Crippen LogP contribution in [0, 0.1) is 0 Å². The Morgan fingerprint density at radius 3 is 2.89 bits per heavy atom. The maximum absolute atomic E-state index is 10.6. The van der Waals surface area contributed by atoms with Crippen LogP contribution in [0.4, 0.5) is 0 Å². The van der Waals surface area contributed by atoms with Crippen LogP contribution in [0.2, 0.25) is 0 Å². The molecule has 1 saturated heterocycles. The molecule has 0 spiro atoms. The zero-order chi connectivity index (χ0) is 6.69. The molecule has 1 aliphatic rings. The largest absolute Gasteiger partial charge is 0.301 e. The predicted molar refractivity (Wildman–Crippen MR) is 30.4 cm³/mol. The smallest absolute Gasteiger partial charge is 0.289 e. The third-order valence-corrected chi connectivity index (χ3v) is 1.16. The van der Waals surface area contributed by atoms with E-state index in [-0.39, 0.29) is 5.78 Å². The lowest BCUT2D eigenvalue weighted by Crippen LogP contribution is -2.38.